The fourth-order valence-corrected chi connectivity index (χ4v) is 3.03. The topological polar surface area (TPSA) is 90.8 Å². The largest absolute Gasteiger partial charge is 0.508 e. The number of phenolic OH excluding ortho intramolecular Hbond substituents is 1. The maximum atomic E-state index is 11.4. The Kier molecular flexibility index (Phi) is 7.91. The van der Waals surface area contributed by atoms with E-state index in [0.29, 0.717) is 23.5 Å². The van der Waals surface area contributed by atoms with Gasteiger partial charge in [-0.2, -0.15) is 0 Å². The number of hydrogen-bond donors (Lipinski definition) is 4. The van der Waals surface area contributed by atoms with Crippen LogP contribution in [-0.4, -0.2) is 35.8 Å². The molecular formula is C20H25ClN2O4. The molecule has 0 radical (unpaired) electrons. The summed E-state index contributed by atoms with van der Waals surface area (Å²) in [6.45, 7) is 1.05. The molecule has 6 nitrogen and oxygen atoms in total. The zero-order valence-electron chi connectivity index (χ0n) is 15.0. The van der Waals surface area contributed by atoms with Crippen molar-refractivity contribution in [3.05, 3.63) is 53.6 Å². The summed E-state index contributed by atoms with van der Waals surface area (Å²) in [4.78, 5) is 11.4. The second-order valence-electron chi connectivity index (χ2n) is 6.41. The van der Waals surface area contributed by atoms with Crippen LogP contribution in [0.25, 0.3) is 0 Å². The number of aliphatic hydroxyl groups excluding tert-OH is 1. The van der Waals surface area contributed by atoms with E-state index in [-0.39, 0.29) is 30.7 Å². The molecule has 3 rings (SSSR count). The van der Waals surface area contributed by atoms with Gasteiger partial charge in [0.25, 0.3) is 5.91 Å². The van der Waals surface area contributed by atoms with Crippen molar-refractivity contribution in [2.45, 2.75) is 25.4 Å². The average Bonchev–Trinajstić information content (AvgIpc) is 2.64. The fraction of sp³-hybridized carbons (Fsp3) is 0.350. The third-order valence-electron chi connectivity index (χ3n) is 4.33. The maximum absolute atomic E-state index is 11.4. The average molecular weight is 393 g/mol. The van der Waals surface area contributed by atoms with E-state index >= 15 is 0 Å². The standard InChI is InChI=1S/C20H24N2O4.ClH/c23-15-10-16(20-17(11-15)22-19(25)13-26-20)18(24)12-21-9-5-4-8-14-6-2-1-3-7-14;/h1-3,6-7,10-11,18,21,23-24H,4-5,8-9,12-13H2,(H,22,25);1H. The van der Waals surface area contributed by atoms with Crippen LogP contribution in [0.3, 0.4) is 0 Å². The number of aromatic hydroxyl groups is 1. The summed E-state index contributed by atoms with van der Waals surface area (Å²) in [5.41, 5.74) is 2.19. The van der Waals surface area contributed by atoms with Gasteiger partial charge in [0.15, 0.2) is 6.61 Å². The van der Waals surface area contributed by atoms with E-state index < -0.39 is 6.10 Å². The second kappa shape index (κ2) is 10.2. The van der Waals surface area contributed by atoms with Gasteiger partial charge in [0.2, 0.25) is 0 Å². The van der Waals surface area contributed by atoms with Crippen LogP contribution in [0, 0.1) is 0 Å². The lowest BCUT2D eigenvalue weighted by atomic mass is 10.0. The Balaban J connectivity index is 0.00000261. The molecule has 0 bridgehead atoms. The monoisotopic (exact) mass is 392 g/mol. The van der Waals surface area contributed by atoms with E-state index in [1.54, 1.807) is 0 Å². The number of hydrogen-bond acceptors (Lipinski definition) is 5. The summed E-state index contributed by atoms with van der Waals surface area (Å²) in [7, 11) is 0. The van der Waals surface area contributed by atoms with Crippen molar-refractivity contribution in [3.63, 3.8) is 0 Å². The number of anilines is 1. The maximum Gasteiger partial charge on any atom is 0.262 e. The molecule has 1 amide bonds. The molecule has 2 aromatic carbocycles. The first-order valence-corrected chi connectivity index (χ1v) is 8.86. The molecule has 0 aromatic heterocycles. The molecule has 4 N–H and O–H groups in total. The van der Waals surface area contributed by atoms with Crippen LogP contribution >= 0.6 is 12.4 Å². The molecular weight excluding hydrogens is 368 g/mol. The molecule has 0 saturated carbocycles. The molecule has 0 fully saturated rings. The number of amides is 1. The van der Waals surface area contributed by atoms with Crippen LogP contribution in [-0.2, 0) is 11.2 Å². The Bertz CT molecular complexity index is 755. The van der Waals surface area contributed by atoms with E-state index in [2.05, 4.69) is 22.8 Å². The van der Waals surface area contributed by atoms with Gasteiger partial charge in [-0.3, -0.25) is 4.79 Å². The Morgan fingerprint density at radius 2 is 1.96 bits per heavy atom. The molecule has 1 atom stereocenters. The summed E-state index contributed by atoms with van der Waals surface area (Å²) in [5, 5.41) is 26.1. The van der Waals surface area contributed by atoms with E-state index in [1.807, 2.05) is 18.2 Å². The first-order chi connectivity index (χ1) is 12.6. The summed E-state index contributed by atoms with van der Waals surface area (Å²) in [5.74, 6) is 0.118. The number of fused-ring (bicyclic) bond motifs is 1. The van der Waals surface area contributed by atoms with Gasteiger partial charge in [-0.05, 0) is 37.4 Å². The molecule has 0 aliphatic carbocycles. The summed E-state index contributed by atoms with van der Waals surface area (Å²) < 4.78 is 5.43. The van der Waals surface area contributed by atoms with Crippen LogP contribution in [0.15, 0.2) is 42.5 Å². The van der Waals surface area contributed by atoms with E-state index in [0.717, 1.165) is 25.8 Å². The van der Waals surface area contributed by atoms with Crippen molar-refractivity contribution < 1.29 is 19.7 Å². The van der Waals surface area contributed by atoms with Crippen molar-refractivity contribution in [2.24, 2.45) is 0 Å². The second-order valence-corrected chi connectivity index (χ2v) is 6.41. The van der Waals surface area contributed by atoms with Crippen molar-refractivity contribution in [1.29, 1.82) is 0 Å². The number of benzene rings is 2. The van der Waals surface area contributed by atoms with Crippen LogP contribution in [0.2, 0.25) is 0 Å². The van der Waals surface area contributed by atoms with Gasteiger partial charge in [-0.25, -0.2) is 0 Å². The number of carbonyl (C=O) groups is 1. The predicted octanol–water partition coefficient (Wildman–Crippen LogP) is 2.79. The minimum atomic E-state index is -0.833. The fourth-order valence-electron chi connectivity index (χ4n) is 3.03. The van der Waals surface area contributed by atoms with Gasteiger partial charge in [-0.1, -0.05) is 30.3 Å². The predicted molar refractivity (Wildman–Crippen MR) is 107 cm³/mol. The van der Waals surface area contributed by atoms with Crippen LogP contribution in [0.5, 0.6) is 11.5 Å². The Morgan fingerprint density at radius 1 is 1.19 bits per heavy atom. The lowest BCUT2D eigenvalue weighted by Crippen LogP contribution is -2.28. The smallest absolute Gasteiger partial charge is 0.262 e. The number of phenols is 1. The SMILES string of the molecule is Cl.O=C1COc2c(cc(O)cc2C(O)CNCCCCc2ccccc2)N1. The van der Waals surface area contributed by atoms with Gasteiger partial charge in [-0.15, -0.1) is 12.4 Å². The quantitative estimate of drug-likeness (QED) is 0.518. The zero-order valence-corrected chi connectivity index (χ0v) is 15.8. The van der Waals surface area contributed by atoms with Gasteiger partial charge in [0.1, 0.15) is 11.5 Å². The Labute approximate surface area is 165 Å². The number of unbranched alkanes of at least 4 members (excludes halogenated alkanes) is 1. The van der Waals surface area contributed by atoms with Crippen molar-refractivity contribution in [2.75, 3.05) is 25.0 Å². The highest BCUT2D eigenvalue weighted by molar-refractivity contribution is 5.96. The Hall–Kier alpha value is -2.28. The molecule has 1 heterocycles. The molecule has 2 aromatic rings. The third-order valence-corrected chi connectivity index (χ3v) is 4.33. The highest BCUT2D eigenvalue weighted by Crippen LogP contribution is 2.38. The lowest BCUT2D eigenvalue weighted by molar-refractivity contribution is -0.118. The highest BCUT2D eigenvalue weighted by Gasteiger charge is 2.23. The van der Waals surface area contributed by atoms with Crippen molar-refractivity contribution in [1.82, 2.24) is 5.32 Å². The van der Waals surface area contributed by atoms with Gasteiger partial charge in [0.05, 0.1) is 11.8 Å². The number of ether oxygens (including phenoxy) is 1. The normalized spacial score (nSPS) is 13.7. The first-order valence-electron chi connectivity index (χ1n) is 8.86. The third kappa shape index (κ3) is 5.85. The molecule has 0 saturated heterocycles. The summed E-state index contributed by atoms with van der Waals surface area (Å²) in [6, 6.07) is 13.2. The zero-order chi connectivity index (χ0) is 18.4. The van der Waals surface area contributed by atoms with E-state index in [1.165, 1.54) is 17.7 Å². The molecule has 27 heavy (non-hydrogen) atoms. The number of halogens is 1. The number of rotatable bonds is 8. The van der Waals surface area contributed by atoms with Gasteiger partial charge in [0, 0.05) is 18.2 Å². The molecule has 1 unspecified atom stereocenters. The molecule has 146 valence electrons. The van der Waals surface area contributed by atoms with Crippen molar-refractivity contribution in [3.8, 4) is 11.5 Å². The number of carbonyl (C=O) groups excluding carboxylic acids is 1. The Morgan fingerprint density at radius 3 is 2.74 bits per heavy atom. The van der Waals surface area contributed by atoms with Gasteiger partial charge >= 0.3 is 0 Å². The molecule has 1 aliphatic heterocycles. The first kappa shape index (κ1) is 21.0. The number of aryl methyl sites for hydroxylation is 1. The van der Waals surface area contributed by atoms with Crippen LogP contribution in [0.1, 0.15) is 30.1 Å². The lowest BCUT2D eigenvalue weighted by Gasteiger charge is -2.23. The minimum absolute atomic E-state index is 0. The number of aliphatic hydroxyl groups is 1. The number of nitrogens with one attached hydrogen (secondary N) is 2. The van der Waals surface area contributed by atoms with E-state index in [9.17, 15) is 15.0 Å². The van der Waals surface area contributed by atoms with Gasteiger partial charge < -0.3 is 25.6 Å². The molecule has 1 aliphatic rings. The highest BCUT2D eigenvalue weighted by atomic mass is 35.5. The van der Waals surface area contributed by atoms with Crippen LogP contribution in [0.4, 0.5) is 5.69 Å². The molecule has 0 spiro atoms. The summed E-state index contributed by atoms with van der Waals surface area (Å²) in [6.07, 6.45) is 2.29. The minimum Gasteiger partial charge on any atom is -0.508 e. The van der Waals surface area contributed by atoms with Crippen molar-refractivity contribution >= 4 is 24.0 Å². The van der Waals surface area contributed by atoms with Crippen LogP contribution < -0.4 is 15.4 Å². The molecule has 7 heteroatoms. The summed E-state index contributed by atoms with van der Waals surface area (Å²) >= 11 is 0. The van der Waals surface area contributed by atoms with E-state index in [4.69, 9.17) is 4.74 Å².